The summed E-state index contributed by atoms with van der Waals surface area (Å²) in [6.07, 6.45) is 0. The van der Waals surface area contributed by atoms with Gasteiger partial charge in [0.05, 0.1) is 10.6 Å². The highest BCUT2D eigenvalue weighted by Gasteiger charge is 2.20. The van der Waals surface area contributed by atoms with Crippen molar-refractivity contribution in [2.75, 3.05) is 0 Å². The van der Waals surface area contributed by atoms with E-state index in [0.29, 0.717) is 5.56 Å². The summed E-state index contributed by atoms with van der Waals surface area (Å²) in [5.41, 5.74) is 0.454. The van der Waals surface area contributed by atoms with E-state index in [-0.39, 0.29) is 21.4 Å². The Bertz CT molecular complexity index is 534. The summed E-state index contributed by atoms with van der Waals surface area (Å²) in [5.74, 6) is 0.136. The molecule has 0 spiro atoms. The van der Waals surface area contributed by atoms with E-state index >= 15 is 0 Å². The molecule has 0 aliphatic heterocycles. The van der Waals surface area contributed by atoms with Crippen molar-refractivity contribution < 1.29 is 8.42 Å². The molecule has 1 aromatic rings. The molecule has 80 valence electrons. The van der Waals surface area contributed by atoms with Gasteiger partial charge in [-0.2, -0.15) is 5.26 Å². The van der Waals surface area contributed by atoms with Crippen LogP contribution < -0.4 is 0 Å². The standard InChI is InChI=1S/C8H4Cl3NO2S/c9-3-5-1-6(4-12)8(7(10)2-5)15(11,13)14/h1-2H,3H2. The molecule has 1 rings (SSSR count). The molecule has 7 heteroatoms. The van der Waals surface area contributed by atoms with Crippen LogP contribution in [0.2, 0.25) is 5.02 Å². The second-order valence-electron chi connectivity index (χ2n) is 2.64. The molecule has 0 fully saturated rings. The number of rotatable bonds is 2. The van der Waals surface area contributed by atoms with E-state index in [4.69, 9.17) is 39.1 Å². The molecule has 0 saturated heterocycles. The molecule has 0 aromatic heterocycles. The van der Waals surface area contributed by atoms with E-state index < -0.39 is 9.05 Å². The zero-order valence-electron chi connectivity index (χ0n) is 7.17. The first-order chi connectivity index (χ1) is 6.90. The highest BCUT2D eigenvalue weighted by molar-refractivity contribution is 8.13. The summed E-state index contributed by atoms with van der Waals surface area (Å²) in [6.45, 7) is 0. The Morgan fingerprint density at radius 2 is 2.00 bits per heavy atom. The average molecular weight is 285 g/mol. The van der Waals surface area contributed by atoms with Gasteiger partial charge in [-0.15, -0.1) is 11.6 Å². The molecule has 0 amide bonds. The lowest BCUT2D eigenvalue weighted by atomic mass is 10.1. The zero-order chi connectivity index (χ0) is 11.6. The Kier molecular flexibility index (Phi) is 3.85. The van der Waals surface area contributed by atoms with Crippen molar-refractivity contribution >= 4 is 42.9 Å². The first-order valence-corrected chi connectivity index (χ1v) is 6.85. The van der Waals surface area contributed by atoms with E-state index in [2.05, 4.69) is 0 Å². The van der Waals surface area contributed by atoms with Gasteiger partial charge in [-0.05, 0) is 17.7 Å². The number of alkyl halides is 1. The van der Waals surface area contributed by atoms with E-state index in [1.165, 1.54) is 12.1 Å². The molecule has 0 N–H and O–H groups in total. The maximum Gasteiger partial charge on any atom is 0.264 e. The van der Waals surface area contributed by atoms with Gasteiger partial charge in [0.1, 0.15) is 11.0 Å². The molecule has 1 aromatic carbocycles. The summed E-state index contributed by atoms with van der Waals surface area (Å²) < 4.78 is 22.3. The first-order valence-electron chi connectivity index (χ1n) is 3.63. The van der Waals surface area contributed by atoms with Crippen molar-refractivity contribution in [3.05, 3.63) is 28.3 Å². The van der Waals surface area contributed by atoms with Crippen LogP contribution in [0.4, 0.5) is 0 Å². The summed E-state index contributed by atoms with van der Waals surface area (Å²) in [5, 5.41) is 8.65. The van der Waals surface area contributed by atoms with Crippen molar-refractivity contribution in [1.82, 2.24) is 0 Å². The average Bonchev–Trinajstić information content (AvgIpc) is 2.14. The maximum atomic E-state index is 11.1. The minimum Gasteiger partial charge on any atom is -0.207 e. The van der Waals surface area contributed by atoms with Crippen LogP contribution in [0, 0.1) is 11.3 Å². The molecule has 0 aliphatic carbocycles. The van der Waals surface area contributed by atoms with Gasteiger partial charge >= 0.3 is 0 Å². The molecule has 3 nitrogen and oxygen atoms in total. The number of benzene rings is 1. The first kappa shape index (κ1) is 12.6. The van der Waals surface area contributed by atoms with Crippen LogP contribution in [0.5, 0.6) is 0 Å². The fourth-order valence-electron chi connectivity index (χ4n) is 1.06. The predicted octanol–water partition coefficient (Wildman–Crippen LogP) is 2.88. The van der Waals surface area contributed by atoms with Crippen molar-refractivity contribution in [3.63, 3.8) is 0 Å². The zero-order valence-corrected chi connectivity index (χ0v) is 10.3. The van der Waals surface area contributed by atoms with Gasteiger partial charge in [-0.3, -0.25) is 0 Å². The molecule has 0 aliphatic rings. The largest absolute Gasteiger partial charge is 0.264 e. The highest BCUT2D eigenvalue weighted by atomic mass is 35.7. The molecule has 15 heavy (non-hydrogen) atoms. The molecular formula is C8H4Cl3NO2S. The Morgan fingerprint density at radius 1 is 1.40 bits per heavy atom. The molecule has 0 heterocycles. The predicted molar refractivity (Wildman–Crippen MR) is 58.8 cm³/mol. The third kappa shape index (κ3) is 2.76. The third-order valence-electron chi connectivity index (χ3n) is 1.62. The number of hydrogen-bond donors (Lipinski definition) is 0. The minimum absolute atomic E-state index is 0.0975. The van der Waals surface area contributed by atoms with Gasteiger partial charge in [0.2, 0.25) is 0 Å². The summed E-state index contributed by atoms with van der Waals surface area (Å²) in [4.78, 5) is -0.373. The van der Waals surface area contributed by atoms with Crippen LogP contribution in [0.25, 0.3) is 0 Å². The van der Waals surface area contributed by atoms with Crippen molar-refractivity contribution in [3.8, 4) is 6.07 Å². The topological polar surface area (TPSA) is 57.9 Å². The molecular weight excluding hydrogens is 281 g/mol. The number of nitrogens with zero attached hydrogens (tertiary/aromatic N) is 1. The van der Waals surface area contributed by atoms with Gasteiger partial charge in [0.15, 0.2) is 0 Å². The lowest BCUT2D eigenvalue weighted by Crippen LogP contribution is -1.98. The molecule has 0 atom stereocenters. The van der Waals surface area contributed by atoms with E-state index in [9.17, 15) is 8.42 Å². The van der Waals surface area contributed by atoms with Crippen molar-refractivity contribution in [1.29, 1.82) is 5.26 Å². The Balaban J connectivity index is 3.61. The second-order valence-corrected chi connectivity index (χ2v) is 5.81. The van der Waals surface area contributed by atoms with Crippen LogP contribution >= 0.6 is 33.9 Å². The smallest absolute Gasteiger partial charge is 0.207 e. The molecule has 0 saturated carbocycles. The Morgan fingerprint density at radius 3 is 2.40 bits per heavy atom. The van der Waals surface area contributed by atoms with Crippen LogP contribution in [0.3, 0.4) is 0 Å². The highest BCUT2D eigenvalue weighted by Crippen LogP contribution is 2.29. The quantitative estimate of drug-likeness (QED) is 0.620. The van der Waals surface area contributed by atoms with Crippen molar-refractivity contribution in [2.24, 2.45) is 0 Å². The Labute approximate surface area is 102 Å². The molecule has 0 bridgehead atoms. The van der Waals surface area contributed by atoms with Crippen LogP contribution in [-0.4, -0.2) is 8.42 Å². The van der Waals surface area contributed by atoms with Gasteiger partial charge in [0.25, 0.3) is 9.05 Å². The number of halogens is 3. The lowest BCUT2D eigenvalue weighted by Gasteiger charge is -2.04. The second kappa shape index (κ2) is 4.58. The van der Waals surface area contributed by atoms with Crippen molar-refractivity contribution in [2.45, 2.75) is 10.8 Å². The summed E-state index contributed by atoms with van der Waals surface area (Å²) in [7, 11) is 1.12. The van der Waals surface area contributed by atoms with Crippen LogP contribution in [0.15, 0.2) is 17.0 Å². The van der Waals surface area contributed by atoms with Crippen LogP contribution in [-0.2, 0) is 14.9 Å². The third-order valence-corrected chi connectivity index (χ3v) is 3.73. The SMILES string of the molecule is N#Cc1cc(CCl)cc(Cl)c1S(=O)(=O)Cl. The van der Waals surface area contributed by atoms with E-state index in [1.54, 1.807) is 6.07 Å². The normalized spacial score (nSPS) is 11.1. The fraction of sp³-hybridized carbons (Fsp3) is 0.125. The fourth-order valence-corrected chi connectivity index (χ4v) is 3.03. The molecule has 0 unspecified atom stereocenters. The van der Waals surface area contributed by atoms with E-state index in [1.807, 2.05) is 0 Å². The maximum absolute atomic E-state index is 11.1. The van der Waals surface area contributed by atoms with Gasteiger partial charge in [-0.1, -0.05) is 11.6 Å². The number of nitriles is 1. The summed E-state index contributed by atoms with van der Waals surface area (Å²) in [6, 6.07) is 4.42. The summed E-state index contributed by atoms with van der Waals surface area (Å²) >= 11 is 11.2. The van der Waals surface area contributed by atoms with Crippen LogP contribution in [0.1, 0.15) is 11.1 Å². The van der Waals surface area contributed by atoms with E-state index in [0.717, 1.165) is 0 Å². The molecule has 0 radical (unpaired) electrons. The van der Waals surface area contributed by atoms with Gasteiger partial charge in [0, 0.05) is 16.6 Å². The van der Waals surface area contributed by atoms with Gasteiger partial charge < -0.3 is 0 Å². The lowest BCUT2D eigenvalue weighted by molar-refractivity contribution is 0.609. The Hall–Kier alpha value is -0.470. The number of hydrogen-bond acceptors (Lipinski definition) is 3. The van der Waals surface area contributed by atoms with Gasteiger partial charge in [-0.25, -0.2) is 8.42 Å². The monoisotopic (exact) mass is 283 g/mol. The minimum atomic E-state index is -4.03.